The molecule has 0 aliphatic heterocycles. The molecule has 1 heterocycles. The third kappa shape index (κ3) is 2.12. The van der Waals surface area contributed by atoms with Gasteiger partial charge in [0.25, 0.3) is 0 Å². The lowest BCUT2D eigenvalue weighted by Gasteiger charge is -2.13. The van der Waals surface area contributed by atoms with Gasteiger partial charge in [-0.05, 0) is 46.7 Å². The third-order valence-electron chi connectivity index (χ3n) is 2.67. The van der Waals surface area contributed by atoms with E-state index in [-0.39, 0.29) is 0 Å². The Morgan fingerprint density at radius 3 is 2.56 bits per heavy atom. The number of methoxy groups -OCH3 is 1. The van der Waals surface area contributed by atoms with Gasteiger partial charge in [0.05, 0.1) is 7.11 Å². The first-order valence-electron chi connectivity index (χ1n) is 5.44. The smallest absolute Gasteiger partial charge is 0.119 e. The molecule has 0 fully saturated rings. The molecule has 0 unspecified atom stereocenters. The Bertz CT molecular complexity index is 458. The van der Waals surface area contributed by atoms with Crippen molar-refractivity contribution in [1.82, 2.24) is 0 Å². The molecule has 0 bridgehead atoms. The average molecular weight is 232 g/mol. The van der Waals surface area contributed by atoms with Crippen LogP contribution < -0.4 is 4.74 Å². The van der Waals surface area contributed by atoms with E-state index in [1.165, 1.54) is 16.0 Å². The minimum atomic E-state index is 0.507. The Labute approximate surface area is 101 Å². The molecule has 0 atom stereocenters. The van der Waals surface area contributed by atoms with E-state index in [1.54, 1.807) is 18.4 Å². The molecular formula is C14H16OS. The van der Waals surface area contributed by atoms with Crippen molar-refractivity contribution in [2.45, 2.75) is 19.8 Å². The van der Waals surface area contributed by atoms with Crippen LogP contribution in [0.3, 0.4) is 0 Å². The van der Waals surface area contributed by atoms with Gasteiger partial charge in [-0.1, -0.05) is 19.9 Å². The van der Waals surface area contributed by atoms with Crippen LogP contribution in [0.5, 0.6) is 5.75 Å². The van der Waals surface area contributed by atoms with Crippen LogP contribution in [-0.4, -0.2) is 7.11 Å². The Balaban J connectivity index is 2.53. The molecule has 84 valence electrons. The Kier molecular flexibility index (Phi) is 3.30. The maximum Gasteiger partial charge on any atom is 0.119 e. The average Bonchev–Trinajstić information content (AvgIpc) is 2.81. The van der Waals surface area contributed by atoms with Crippen molar-refractivity contribution in [1.29, 1.82) is 0 Å². The van der Waals surface area contributed by atoms with Gasteiger partial charge in [-0.15, -0.1) is 11.3 Å². The number of thiophene rings is 1. The first kappa shape index (κ1) is 11.2. The van der Waals surface area contributed by atoms with E-state index in [4.69, 9.17) is 4.74 Å². The summed E-state index contributed by atoms with van der Waals surface area (Å²) >= 11 is 1.78. The van der Waals surface area contributed by atoms with Crippen molar-refractivity contribution in [2.75, 3.05) is 7.11 Å². The van der Waals surface area contributed by atoms with Gasteiger partial charge in [0.15, 0.2) is 0 Å². The molecule has 1 aromatic heterocycles. The zero-order valence-electron chi connectivity index (χ0n) is 9.86. The largest absolute Gasteiger partial charge is 0.497 e. The van der Waals surface area contributed by atoms with Gasteiger partial charge >= 0.3 is 0 Å². The molecule has 1 nitrogen and oxygen atoms in total. The van der Waals surface area contributed by atoms with Gasteiger partial charge in [-0.3, -0.25) is 0 Å². The van der Waals surface area contributed by atoms with Crippen molar-refractivity contribution in [2.24, 2.45) is 0 Å². The fourth-order valence-corrected chi connectivity index (χ4v) is 2.58. The van der Waals surface area contributed by atoms with Crippen LogP contribution in [0.25, 0.3) is 10.4 Å². The predicted molar refractivity (Wildman–Crippen MR) is 70.4 cm³/mol. The van der Waals surface area contributed by atoms with Crippen molar-refractivity contribution in [3.63, 3.8) is 0 Å². The van der Waals surface area contributed by atoms with Crippen molar-refractivity contribution in [3.8, 4) is 16.2 Å². The highest BCUT2D eigenvalue weighted by atomic mass is 32.1. The molecule has 0 aliphatic carbocycles. The second-order valence-electron chi connectivity index (χ2n) is 4.09. The van der Waals surface area contributed by atoms with Gasteiger partial charge in [0.1, 0.15) is 5.75 Å². The monoisotopic (exact) mass is 232 g/mol. The molecule has 0 N–H and O–H groups in total. The first-order valence-corrected chi connectivity index (χ1v) is 6.32. The molecule has 1 aromatic carbocycles. The van der Waals surface area contributed by atoms with Crippen molar-refractivity contribution >= 4 is 11.3 Å². The minimum absolute atomic E-state index is 0.507. The molecular weight excluding hydrogens is 216 g/mol. The second-order valence-corrected chi connectivity index (χ2v) is 5.03. The van der Waals surface area contributed by atoms with Crippen LogP contribution in [0.15, 0.2) is 35.7 Å². The van der Waals surface area contributed by atoms with Crippen LogP contribution >= 0.6 is 11.3 Å². The normalized spacial score (nSPS) is 10.8. The zero-order valence-corrected chi connectivity index (χ0v) is 10.7. The summed E-state index contributed by atoms with van der Waals surface area (Å²) in [4.78, 5) is 1.33. The summed E-state index contributed by atoms with van der Waals surface area (Å²) in [6, 6.07) is 10.6. The molecule has 0 saturated carbocycles. The van der Waals surface area contributed by atoms with E-state index in [0.717, 1.165) is 5.75 Å². The van der Waals surface area contributed by atoms with Gasteiger partial charge in [-0.2, -0.15) is 0 Å². The number of ether oxygens (including phenoxy) is 1. The number of rotatable bonds is 3. The van der Waals surface area contributed by atoms with Crippen LogP contribution in [0.1, 0.15) is 25.3 Å². The van der Waals surface area contributed by atoms with Gasteiger partial charge < -0.3 is 4.74 Å². The van der Waals surface area contributed by atoms with Crippen molar-refractivity contribution in [3.05, 3.63) is 41.3 Å². The van der Waals surface area contributed by atoms with Crippen LogP contribution in [-0.2, 0) is 0 Å². The second kappa shape index (κ2) is 4.71. The van der Waals surface area contributed by atoms with E-state index in [1.807, 2.05) is 6.07 Å². The van der Waals surface area contributed by atoms with E-state index >= 15 is 0 Å². The summed E-state index contributed by atoms with van der Waals surface area (Å²) in [6.07, 6.45) is 0. The van der Waals surface area contributed by atoms with Crippen LogP contribution in [0.4, 0.5) is 0 Å². The van der Waals surface area contributed by atoms with Crippen molar-refractivity contribution < 1.29 is 4.74 Å². The third-order valence-corrected chi connectivity index (χ3v) is 3.57. The molecule has 0 amide bonds. The van der Waals surface area contributed by atoms with E-state index < -0.39 is 0 Å². The zero-order chi connectivity index (χ0) is 11.5. The molecule has 0 radical (unpaired) electrons. The van der Waals surface area contributed by atoms with E-state index in [9.17, 15) is 0 Å². The van der Waals surface area contributed by atoms with Gasteiger partial charge in [0, 0.05) is 4.88 Å². The molecule has 2 heteroatoms. The predicted octanol–water partition coefficient (Wildman–Crippen LogP) is 4.55. The summed E-state index contributed by atoms with van der Waals surface area (Å²) in [5.74, 6) is 1.44. The highest BCUT2D eigenvalue weighted by molar-refractivity contribution is 7.13. The maximum atomic E-state index is 5.28. The fraction of sp³-hybridized carbons (Fsp3) is 0.286. The quantitative estimate of drug-likeness (QED) is 0.754. The lowest BCUT2D eigenvalue weighted by atomic mass is 9.96. The number of benzene rings is 1. The molecule has 16 heavy (non-hydrogen) atoms. The van der Waals surface area contributed by atoms with Gasteiger partial charge in [-0.25, -0.2) is 0 Å². The topological polar surface area (TPSA) is 9.23 Å². The van der Waals surface area contributed by atoms with E-state index in [0.29, 0.717) is 5.92 Å². The molecule has 2 rings (SSSR count). The fourth-order valence-electron chi connectivity index (χ4n) is 1.80. The Morgan fingerprint density at radius 1 is 1.19 bits per heavy atom. The molecule has 0 spiro atoms. The number of hydrogen-bond acceptors (Lipinski definition) is 2. The SMILES string of the molecule is COc1ccc(-c2cccs2)c(C(C)C)c1. The Hall–Kier alpha value is -1.28. The number of hydrogen-bond donors (Lipinski definition) is 0. The summed E-state index contributed by atoms with van der Waals surface area (Å²) in [7, 11) is 1.71. The molecule has 2 aromatic rings. The lowest BCUT2D eigenvalue weighted by molar-refractivity contribution is 0.414. The highest BCUT2D eigenvalue weighted by Crippen LogP contribution is 2.34. The summed E-state index contributed by atoms with van der Waals surface area (Å²) in [5.41, 5.74) is 2.67. The van der Waals surface area contributed by atoms with Gasteiger partial charge in [0.2, 0.25) is 0 Å². The Morgan fingerprint density at radius 2 is 2.00 bits per heavy atom. The van der Waals surface area contributed by atoms with E-state index in [2.05, 4.69) is 43.5 Å². The highest BCUT2D eigenvalue weighted by Gasteiger charge is 2.10. The van der Waals surface area contributed by atoms with Crippen LogP contribution in [0, 0.1) is 0 Å². The summed E-state index contributed by atoms with van der Waals surface area (Å²) < 4.78 is 5.28. The standard InChI is InChI=1S/C14H16OS/c1-10(2)13-9-11(15-3)6-7-12(13)14-5-4-8-16-14/h4-10H,1-3H3. The summed E-state index contributed by atoms with van der Waals surface area (Å²) in [5, 5.41) is 2.11. The van der Waals surface area contributed by atoms with Crippen LogP contribution in [0.2, 0.25) is 0 Å². The molecule has 0 saturated heterocycles. The molecule has 0 aliphatic rings. The first-order chi connectivity index (χ1) is 7.72. The lowest BCUT2D eigenvalue weighted by Crippen LogP contribution is -1.93. The summed E-state index contributed by atoms with van der Waals surface area (Å²) in [6.45, 7) is 4.43. The minimum Gasteiger partial charge on any atom is -0.497 e. The maximum absolute atomic E-state index is 5.28.